The van der Waals surface area contributed by atoms with E-state index in [0.29, 0.717) is 11.0 Å². The lowest BCUT2D eigenvalue weighted by molar-refractivity contribution is -0.115. The molecule has 1 amide bonds. The summed E-state index contributed by atoms with van der Waals surface area (Å²) in [5, 5.41) is 11.1. The number of rotatable bonds is 6. The predicted octanol–water partition coefficient (Wildman–Crippen LogP) is 5.34. The van der Waals surface area contributed by atoms with Gasteiger partial charge in [0.2, 0.25) is 5.91 Å². The number of benzene rings is 2. The van der Waals surface area contributed by atoms with E-state index in [9.17, 15) is 13.6 Å². The smallest absolute Gasteiger partial charge is 0.237 e. The number of hydrogen-bond donors (Lipinski definition) is 1. The molecule has 6 nitrogen and oxygen atoms in total. The van der Waals surface area contributed by atoms with Gasteiger partial charge < -0.3 is 5.32 Å². The van der Waals surface area contributed by atoms with E-state index in [4.69, 9.17) is 0 Å². The molecule has 0 saturated carbocycles. The summed E-state index contributed by atoms with van der Waals surface area (Å²) in [5.74, 6) is -1.37. The number of anilines is 1. The summed E-state index contributed by atoms with van der Waals surface area (Å²) in [6.07, 6.45) is 3.35. The van der Waals surface area contributed by atoms with Gasteiger partial charge in [0.1, 0.15) is 11.6 Å². The molecule has 33 heavy (non-hydrogen) atoms. The number of nitrogens with zero attached hydrogens (tertiary/aromatic N) is 4. The number of amides is 1. The van der Waals surface area contributed by atoms with Crippen LogP contribution in [0.1, 0.15) is 18.1 Å². The Kier molecular flexibility index (Phi) is 6.50. The van der Waals surface area contributed by atoms with E-state index < -0.39 is 22.8 Å². The number of carbonyl (C=O) groups excluding carboxylic acids is 1. The van der Waals surface area contributed by atoms with E-state index in [0.717, 1.165) is 34.5 Å². The van der Waals surface area contributed by atoms with Crippen LogP contribution in [0.3, 0.4) is 0 Å². The Morgan fingerprint density at radius 1 is 1.00 bits per heavy atom. The van der Waals surface area contributed by atoms with Crippen LogP contribution in [-0.4, -0.2) is 30.9 Å². The molecule has 0 aliphatic heterocycles. The van der Waals surface area contributed by atoms with Crippen LogP contribution in [0.2, 0.25) is 0 Å². The fraction of sp³-hybridized carbons (Fsp3) is 0.167. The summed E-state index contributed by atoms with van der Waals surface area (Å²) in [7, 11) is 0. The molecule has 2 aromatic heterocycles. The van der Waals surface area contributed by atoms with Crippen LogP contribution < -0.4 is 5.32 Å². The minimum atomic E-state index is -0.834. The highest BCUT2D eigenvalue weighted by molar-refractivity contribution is 8.00. The SMILES string of the molecule is Cc1ccc(-n2c(SC(C)C(=O)Nc3ccc(F)cc3F)nnc2-c2ccncc2)cc1C. The maximum atomic E-state index is 14.0. The molecule has 1 N–H and O–H groups in total. The van der Waals surface area contributed by atoms with Crippen LogP contribution in [0.25, 0.3) is 17.1 Å². The number of nitrogens with one attached hydrogen (secondary N) is 1. The third-order valence-corrected chi connectivity index (χ3v) is 6.20. The van der Waals surface area contributed by atoms with E-state index in [2.05, 4.69) is 20.5 Å². The molecule has 0 spiro atoms. The van der Waals surface area contributed by atoms with Crippen LogP contribution in [0.4, 0.5) is 14.5 Å². The average molecular weight is 466 g/mol. The Hall–Kier alpha value is -3.59. The predicted molar refractivity (Wildman–Crippen MR) is 124 cm³/mol. The quantitative estimate of drug-likeness (QED) is 0.389. The molecule has 0 radical (unpaired) electrons. The lowest BCUT2D eigenvalue weighted by Gasteiger charge is -2.15. The molecular formula is C24H21F2N5OS. The second-order valence-corrected chi connectivity index (χ2v) is 8.83. The number of aromatic nitrogens is 4. The largest absolute Gasteiger partial charge is 0.323 e. The van der Waals surface area contributed by atoms with Crippen molar-refractivity contribution in [3.63, 3.8) is 0 Å². The lowest BCUT2D eigenvalue weighted by atomic mass is 10.1. The van der Waals surface area contributed by atoms with Gasteiger partial charge in [-0.1, -0.05) is 17.8 Å². The van der Waals surface area contributed by atoms with Crippen molar-refractivity contribution in [2.75, 3.05) is 5.32 Å². The summed E-state index contributed by atoms with van der Waals surface area (Å²) in [6.45, 7) is 5.74. The normalized spacial score (nSPS) is 11.9. The zero-order valence-corrected chi connectivity index (χ0v) is 19.0. The van der Waals surface area contributed by atoms with Crippen molar-refractivity contribution in [2.24, 2.45) is 0 Å². The van der Waals surface area contributed by atoms with E-state index in [-0.39, 0.29) is 5.69 Å². The summed E-state index contributed by atoms with van der Waals surface area (Å²) in [5.41, 5.74) is 3.86. The van der Waals surface area contributed by atoms with Gasteiger partial charge >= 0.3 is 0 Å². The molecule has 168 valence electrons. The van der Waals surface area contributed by atoms with Gasteiger partial charge in [-0.2, -0.15) is 0 Å². The molecule has 4 aromatic rings. The zero-order chi connectivity index (χ0) is 23.5. The minimum absolute atomic E-state index is 0.0815. The molecule has 4 rings (SSSR count). The molecular weight excluding hydrogens is 444 g/mol. The summed E-state index contributed by atoms with van der Waals surface area (Å²) in [4.78, 5) is 16.8. The van der Waals surface area contributed by atoms with Gasteiger partial charge in [-0.25, -0.2) is 8.78 Å². The molecule has 0 bridgehead atoms. The monoisotopic (exact) mass is 465 g/mol. The van der Waals surface area contributed by atoms with Gasteiger partial charge in [-0.15, -0.1) is 10.2 Å². The minimum Gasteiger partial charge on any atom is -0.323 e. The molecule has 2 heterocycles. The van der Waals surface area contributed by atoms with Crippen LogP contribution >= 0.6 is 11.8 Å². The first-order valence-corrected chi connectivity index (χ1v) is 11.1. The van der Waals surface area contributed by atoms with Crippen molar-refractivity contribution in [3.05, 3.63) is 83.7 Å². The van der Waals surface area contributed by atoms with Crippen molar-refractivity contribution in [2.45, 2.75) is 31.2 Å². The molecule has 9 heteroatoms. The lowest BCUT2D eigenvalue weighted by Crippen LogP contribution is -2.23. The van der Waals surface area contributed by atoms with Crippen molar-refractivity contribution in [1.82, 2.24) is 19.7 Å². The first kappa shape index (κ1) is 22.6. The number of aryl methyl sites for hydroxylation is 2. The van der Waals surface area contributed by atoms with Crippen molar-refractivity contribution >= 4 is 23.4 Å². The molecule has 0 aliphatic rings. The van der Waals surface area contributed by atoms with Gasteiger partial charge in [0.05, 0.1) is 16.6 Å². The van der Waals surface area contributed by atoms with Gasteiger partial charge in [0, 0.05) is 24.0 Å². The molecule has 1 atom stereocenters. The third-order valence-electron chi connectivity index (χ3n) is 5.16. The maximum Gasteiger partial charge on any atom is 0.237 e. The van der Waals surface area contributed by atoms with E-state index in [1.54, 1.807) is 19.3 Å². The molecule has 0 saturated heterocycles. The first-order valence-electron chi connectivity index (χ1n) is 10.2. The van der Waals surface area contributed by atoms with Crippen molar-refractivity contribution in [3.8, 4) is 17.1 Å². The van der Waals surface area contributed by atoms with Crippen LogP contribution in [0.5, 0.6) is 0 Å². The van der Waals surface area contributed by atoms with Crippen LogP contribution in [0, 0.1) is 25.5 Å². The standard InChI is InChI=1S/C24H21F2N5OS/c1-14-4-6-19(12-15(14)2)31-22(17-8-10-27-11-9-17)29-30-24(31)33-16(3)23(32)28-21-7-5-18(25)13-20(21)26/h4-13,16H,1-3H3,(H,28,32). The number of carbonyl (C=O) groups is 1. The number of thioether (sulfide) groups is 1. The van der Waals surface area contributed by atoms with Crippen molar-refractivity contribution < 1.29 is 13.6 Å². The maximum absolute atomic E-state index is 14.0. The average Bonchev–Trinajstić information content (AvgIpc) is 3.21. The summed E-state index contributed by atoms with van der Waals surface area (Å²) in [6, 6.07) is 12.7. The van der Waals surface area contributed by atoms with Gasteiger partial charge in [-0.05, 0) is 68.3 Å². The number of hydrogen-bond acceptors (Lipinski definition) is 5. The van der Waals surface area contributed by atoms with E-state index >= 15 is 0 Å². The van der Waals surface area contributed by atoms with E-state index in [1.165, 1.54) is 17.8 Å². The summed E-state index contributed by atoms with van der Waals surface area (Å²) >= 11 is 1.19. The van der Waals surface area contributed by atoms with Crippen LogP contribution in [-0.2, 0) is 4.79 Å². The summed E-state index contributed by atoms with van der Waals surface area (Å²) < 4.78 is 29.0. The fourth-order valence-electron chi connectivity index (χ4n) is 3.17. The van der Waals surface area contributed by atoms with Crippen molar-refractivity contribution in [1.29, 1.82) is 0 Å². The Labute approximate surface area is 194 Å². The topological polar surface area (TPSA) is 72.7 Å². The second-order valence-electron chi connectivity index (χ2n) is 7.52. The number of halogens is 2. The molecule has 0 aliphatic carbocycles. The zero-order valence-electron chi connectivity index (χ0n) is 18.2. The Morgan fingerprint density at radius 3 is 2.45 bits per heavy atom. The first-order chi connectivity index (χ1) is 15.8. The molecule has 2 aromatic carbocycles. The van der Waals surface area contributed by atoms with Gasteiger partial charge in [0.15, 0.2) is 11.0 Å². The Bertz CT molecular complexity index is 1310. The second kappa shape index (κ2) is 9.50. The fourth-order valence-corrected chi connectivity index (χ4v) is 4.04. The van der Waals surface area contributed by atoms with Gasteiger partial charge in [-0.3, -0.25) is 14.3 Å². The third kappa shape index (κ3) is 4.93. The molecule has 1 unspecified atom stereocenters. The molecule has 0 fully saturated rings. The Balaban J connectivity index is 1.66. The highest BCUT2D eigenvalue weighted by Gasteiger charge is 2.23. The van der Waals surface area contributed by atoms with E-state index in [1.807, 2.05) is 48.7 Å². The Morgan fingerprint density at radius 2 is 1.76 bits per heavy atom. The highest BCUT2D eigenvalue weighted by Crippen LogP contribution is 2.31. The van der Waals surface area contributed by atoms with Crippen LogP contribution in [0.15, 0.2) is 66.1 Å². The number of pyridine rings is 1. The highest BCUT2D eigenvalue weighted by atomic mass is 32.2. The van der Waals surface area contributed by atoms with Gasteiger partial charge in [0.25, 0.3) is 0 Å².